The molecule has 0 aliphatic rings. The van der Waals surface area contributed by atoms with E-state index in [0.717, 1.165) is 10.0 Å². The van der Waals surface area contributed by atoms with Crippen LogP contribution >= 0.6 is 15.9 Å². The highest BCUT2D eigenvalue weighted by atomic mass is 79.9. The molecule has 2 heterocycles. The molecule has 88 valence electrons. The van der Waals surface area contributed by atoms with Gasteiger partial charge in [-0.25, -0.2) is 9.97 Å². The average molecular weight is 295 g/mol. The summed E-state index contributed by atoms with van der Waals surface area (Å²) in [6, 6.07) is 1.89. The maximum absolute atomic E-state index is 11.9. The molecule has 2 aromatic rings. The number of amides is 1. The van der Waals surface area contributed by atoms with Gasteiger partial charge in [-0.1, -0.05) is 0 Å². The van der Waals surface area contributed by atoms with Crippen LogP contribution in [-0.2, 0) is 7.05 Å². The van der Waals surface area contributed by atoms with E-state index in [9.17, 15) is 4.79 Å². The van der Waals surface area contributed by atoms with Crippen LogP contribution in [0.3, 0.4) is 0 Å². The van der Waals surface area contributed by atoms with Crippen molar-refractivity contribution in [2.75, 3.05) is 5.32 Å². The van der Waals surface area contributed by atoms with Crippen LogP contribution in [-0.4, -0.2) is 20.4 Å². The number of imidazole rings is 1. The topological polar surface area (TPSA) is 59.8 Å². The molecule has 1 N–H and O–H groups in total. The number of hydrogen-bond acceptors (Lipinski definition) is 3. The van der Waals surface area contributed by atoms with Crippen molar-refractivity contribution in [1.29, 1.82) is 0 Å². The molecule has 2 aromatic heterocycles. The summed E-state index contributed by atoms with van der Waals surface area (Å²) >= 11 is 3.32. The smallest absolute Gasteiger partial charge is 0.275 e. The Hall–Kier alpha value is -1.69. The highest BCUT2D eigenvalue weighted by Crippen LogP contribution is 2.17. The number of hydrogen-bond donors (Lipinski definition) is 1. The summed E-state index contributed by atoms with van der Waals surface area (Å²) in [6.45, 7) is 1.89. The van der Waals surface area contributed by atoms with Gasteiger partial charge in [-0.3, -0.25) is 4.79 Å². The van der Waals surface area contributed by atoms with Crippen molar-refractivity contribution in [2.24, 2.45) is 7.05 Å². The molecule has 0 saturated carbocycles. The fraction of sp³-hybridized carbons (Fsp3) is 0.182. The van der Waals surface area contributed by atoms with Crippen molar-refractivity contribution in [3.63, 3.8) is 0 Å². The maximum atomic E-state index is 11.9. The molecule has 0 saturated heterocycles. The molecule has 2 rings (SSSR count). The van der Waals surface area contributed by atoms with E-state index in [1.807, 2.05) is 13.0 Å². The summed E-state index contributed by atoms with van der Waals surface area (Å²) in [4.78, 5) is 20.0. The van der Waals surface area contributed by atoms with Crippen LogP contribution in [0, 0.1) is 6.92 Å². The van der Waals surface area contributed by atoms with Gasteiger partial charge in [0, 0.05) is 17.7 Å². The first-order valence-electron chi connectivity index (χ1n) is 4.98. The summed E-state index contributed by atoms with van der Waals surface area (Å²) in [7, 11) is 1.77. The Labute approximate surface area is 107 Å². The highest BCUT2D eigenvalue weighted by molar-refractivity contribution is 9.10. The summed E-state index contributed by atoms with van der Waals surface area (Å²) in [5.41, 5.74) is 1.39. The number of halogens is 1. The zero-order valence-corrected chi connectivity index (χ0v) is 11.0. The molecule has 0 unspecified atom stereocenters. The first-order chi connectivity index (χ1) is 8.08. The van der Waals surface area contributed by atoms with Gasteiger partial charge < -0.3 is 9.88 Å². The second-order valence-electron chi connectivity index (χ2n) is 3.66. The number of pyridine rings is 1. The van der Waals surface area contributed by atoms with E-state index < -0.39 is 0 Å². The minimum absolute atomic E-state index is 0.220. The van der Waals surface area contributed by atoms with Crippen LogP contribution in [0.2, 0.25) is 0 Å². The van der Waals surface area contributed by atoms with Gasteiger partial charge in [0.1, 0.15) is 11.5 Å². The number of rotatable bonds is 2. The molecule has 5 nitrogen and oxygen atoms in total. The molecular formula is C11H11BrN4O. The third-order valence-corrected chi connectivity index (χ3v) is 2.76. The minimum Gasteiger partial charge on any atom is -0.330 e. The van der Waals surface area contributed by atoms with Gasteiger partial charge in [-0.05, 0) is 34.5 Å². The summed E-state index contributed by atoms with van der Waals surface area (Å²) in [5.74, 6) is 0.335. The molecule has 0 bridgehead atoms. The molecule has 0 aromatic carbocycles. The molecule has 0 atom stereocenters. The number of nitrogens with zero attached hydrogens (tertiary/aromatic N) is 3. The lowest BCUT2D eigenvalue weighted by molar-refractivity contribution is 0.101. The van der Waals surface area contributed by atoms with Crippen LogP contribution in [0.5, 0.6) is 0 Å². The first-order valence-corrected chi connectivity index (χ1v) is 5.77. The molecule has 0 aliphatic carbocycles. The number of nitrogens with one attached hydrogen (secondary N) is 1. The predicted molar refractivity (Wildman–Crippen MR) is 67.8 cm³/mol. The monoisotopic (exact) mass is 294 g/mol. The van der Waals surface area contributed by atoms with Crippen molar-refractivity contribution in [2.45, 2.75) is 6.92 Å². The van der Waals surface area contributed by atoms with Crippen LogP contribution in [0.1, 0.15) is 16.1 Å². The molecule has 0 radical (unpaired) electrons. The van der Waals surface area contributed by atoms with E-state index in [0.29, 0.717) is 11.5 Å². The number of aromatic nitrogens is 3. The number of carbonyl (C=O) groups is 1. The largest absolute Gasteiger partial charge is 0.330 e. The lowest BCUT2D eigenvalue weighted by Crippen LogP contribution is -2.16. The molecule has 17 heavy (non-hydrogen) atoms. The standard InChI is InChI=1S/C11H11BrN4O/c1-7-3-8(12)4-14-10(7)15-11(17)9-5-13-6-16(9)2/h3-6H,1-2H3,(H,14,15,17). The maximum Gasteiger partial charge on any atom is 0.275 e. The van der Waals surface area contributed by atoms with E-state index in [2.05, 4.69) is 31.2 Å². The van der Waals surface area contributed by atoms with Crippen molar-refractivity contribution in [1.82, 2.24) is 14.5 Å². The fourth-order valence-corrected chi connectivity index (χ4v) is 1.86. The normalized spacial score (nSPS) is 10.3. The molecule has 0 fully saturated rings. The lowest BCUT2D eigenvalue weighted by Gasteiger charge is -2.07. The van der Waals surface area contributed by atoms with E-state index in [-0.39, 0.29) is 5.91 Å². The molecule has 6 heteroatoms. The zero-order valence-electron chi connectivity index (χ0n) is 9.44. The summed E-state index contributed by atoms with van der Waals surface area (Å²) < 4.78 is 2.54. The fourth-order valence-electron chi connectivity index (χ4n) is 1.42. The number of carbonyl (C=O) groups excluding carboxylic acids is 1. The quantitative estimate of drug-likeness (QED) is 0.923. The summed E-state index contributed by atoms with van der Waals surface area (Å²) in [5, 5.41) is 2.75. The molecular weight excluding hydrogens is 284 g/mol. The van der Waals surface area contributed by atoms with Crippen LogP contribution in [0.15, 0.2) is 29.3 Å². The van der Waals surface area contributed by atoms with Gasteiger partial charge in [0.05, 0.1) is 12.5 Å². The lowest BCUT2D eigenvalue weighted by atomic mass is 10.3. The van der Waals surface area contributed by atoms with Gasteiger partial charge in [-0.15, -0.1) is 0 Å². The Kier molecular flexibility index (Phi) is 3.23. The van der Waals surface area contributed by atoms with Crippen molar-refractivity contribution >= 4 is 27.7 Å². The second kappa shape index (κ2) is 4.67. The van der Waals surface area contributed by atoms with E-state index in [1.54, 1.807) is 24.1 Å². The molecule has 0 aliphatic heterocycles. The highest BCUT2D eigenvalue weighted by Gasteiger charge is 2.11. The third kappa shape index (κ3) is 2.52. The summed E-state index contributed by atoms with van der Waals surface area (Å²) in [6.07, 6.45) is 4.74. The van der Waals surface area contributed by atoms with Crippen LogP contribution < -0.4 is 5.32 Å². The van der Waals surface area contributed by atoms with Gasteiger partial charge >= 0.3 is 0 Å². The molecule has 1 amide bonds. The van der Waals surface area contributed by atoms with Gasteiger partial charge in [-0.2, -0.15) is 0 Å². The van der Waals surface area contributed by atoms with Crippen molar-refractivity contribution in [3.05, 3.63) is 40.5 Å². The van der Waals surface area contributed by atoms with Crippen molar-refractivity contribution < 1.29 is 4.79 Å². The van der Waals surface area contributed by atoms with Crippen LogP contribution in [0.4, 0.5) is 5.82 Å². The van der Waals surface area contributed by atoms with E-state index >= 15 is 0 Å². The van der Waals surface area contributed by atoms with E-state index in [4.69, 9.17) is 0 Å². The third-order valence-electron chi connectivity index (χ3n) is 2.33. The van der Waals surface area contributed by atoms with Crippen LogP contribution in [0.25, 0.3) is 0 Å². The number of anilines is 1. The molecule has 0 spiro atoms. The Morgan fingerprint density at radius 3 is 2.82 bits per heavy atom. The Morgan fingerprint density at radius 2 is 2.24 bits per heavy atom. The predicted octanol–water partition coefficient (Wildman–Crippen LogP) is 2.14. The van der Waals surface area contributed by atoms with Gasteiger partial charge in [0.15, 0.2) is 0 Å². The SMILES string of the molecule is Cc1cc(Br)cnc1NC(=O)c1cncn1C. The Bertz CT molecular complexity index is 564. The van der Waals surface area contributed by atoms with E-state index in [1.165, 1.54) is 6.20 Å². The number of aryl methyl sites for hydroxylation is 2. The first kappa shape index (κ1) is 11.8. The second-order valence-corrected chi connectivity index (χ2v) is 4.58. The van der Waals surface area contributed by atoms with Gasteiger partial charge in [0.2, 0.25) is 0 Å². The zero-order chi connectivity index (χ0) is 12.4. The Balaban J connectivity index is 2.22. The average Bonchev–Trinajstić information content (AvgIpc) is 2.68. The van der Waals surface area contributed by atoms with Gasteiger partial charge in [0.25, 0.3) is 5.91 Å². The Morgan fingerprint density at radius 1 is 1.47 bits per heavy atom. The van der Waals surface area contributed by atoms with Crippen molar-refractivity contribution in [3.8, 4) is 0 Å². The minimum atomic E-state index is -0.220.